The van der Waals surface area contributed by atoms with E-state index in [-0.39, 0.29) is 11.7 Å². The van der Waals surface area contributed by atoms with Gasteiger partial charge in [-0.05, 0) is 17.7 Å². The van der Waals surface area contributed by atoms with Gasteiger partial charge in [-0.1, -0.05) is 30.3 Å². The second-order valence-corrected chi connectivity index (χ2v) is 5.94. The number of nitrogens with one attached hydrogen (secondary N) is 1. The molecule has 1 atom stereocenters. The molecule has 0 amide bonds. The molecule has 0 fully saturated rings. The van der Waals surface area contributed by atoms with Gasteiger partial charge in [-0.2, -0.15) is 0 Å². The Morgan fingerprint density at radius 3 is 2.79 bits per heavy atom. The van der Waals surface area contributed by atoms with Crippen molar-refractivity contribution in [3.8, 4) is 0 Å². The molecule has 24 heavy (non-hydrogen) atoms. The molecule has 3 aromatic rings. The molecule has 5 heteroatoms. The van der Waals surface area contributed by atoms with Crippen LogP contribution in [0.3, 0.4) is 0 Å². The lowest BCUT2D eigenvalue weighted by Gasteiger charge is -2.21. The normalized spacial score (nSPS) is 16.7. The maximum atomic E-state index is 12.3. The Morgan fingerprint density at radius 1 is 1.12 bits per heavy atom. The number of hydrogen-bond acceptors (Lipinski definition) is 5. The van der Waals surface area contributed by atoms with Crippen LogP contribution in [0.1, 0.15) is 39.7 Å². The third-order valence-electron chi connectivity index (χ3n) is 4.28. The maximum Gasteiger partial charge on any atom is 0.223 e. The molecular formula is C19H17N3O2. The summed E-state index contributed by atoms with van der Waals surface area (Å²) in [5.41, 5.74) is 2.57. The molecule has 0 spiro atoms. The highest BCUT2D eigenvalue weighted by atomic mass is 16.3. The van der Waals surface area contributed by atoms with E-state index in [1.807, 2.05) is 42.5 Å². The second kappa shape index (κ2) is 6.28. The first-order valence-corrected chi connectivity index (χ1v) is 8.00. The van der Waals surface area contributed by atoms with Crippen LogP contribution >= 0.6 is 0 Å². The molecule has 2 heterocycles. The summed E-state index contributed by atoms with van der Waals surface area (Å²) in [5.74, 6) is 1.51. The van der Waals surface area contributed by atoms with E-state index in [2.05, 4.69) is 15.3 Å². The Morgan fingerprint density at radius 2 is 2.00 bits per heavy atom. The first-order chi connectivity index (χ1) is 11.8. The quantitative estimate of drug-likeness (QED) is 0.796. The lowest BCUT2D eigenvalue weighted by Crippen LogP contribution is -2.21. The number of carbonyl (C=O) groups is 1. The minimum Gasteiger partial charge on any atom is -0.469 e. The minimum absolute atomic E-state index is 0.0527. The Hall–Kier alpha value is -2.95. The van der Waals surface area contributed by atoms with E-state index in [9.17, 15) is 4.79 Å². The molecule has 1 aromatic carbocycles. The monoisotopic (exact) mass is 319 g/mol. The van der Waals surface area contributed by atoms with Gasteiger partial charge < -0.3 is 9.73 Å². The van der Waals surface area contributed by atoms with Crippen molar-refractivity contribution < 1.29 is 9.21 Å². The fourth-order valence-electron chi connectivity index (χ4n) is 3.03. The Bertz CT molecular complexity index is 844. The van der Waals surface area contributed by atoms with E-state index in [4.69, 9.17) is 4.42 Å². The summed E-state index contributed by atoms with van der Waals surface area (Å²) in [7, 11) is 0. The molecule has 4 rings (SSSR count). The smallest absolute Gasteiger partial charge is 0.223 e. The maximum absolute atomic E-state index is 12.3. The van der Waals surface area contributed by atoms with E-state index in [1.54, 1.807) is 12.5 Å². The Labute approximate surface area is 139 Å². The summed E-state index contributed by atoms with van der Waals surface area (Å²) in [6, 6.07) is 13.8. The van der Waals surface area contributed by atoms with E-state index < -0.39 is 0 Å². The van der Waals surface area contributed by atoms with Crippen LogP contribution in [0.5, 0.6) is 0 Å². The standard InChI is InChI=1S/C19H17N3O2/c23-17-10-14(18-7-4-8-24-18)9-16-15(17)12-21-19(22-16)20-11-13-5-2-1-3-6-13/h1-8,12,14H,9-11H2,(H,20,21,22). The predicted molar refractivity (Wildman–Crippen MR) is 89.9 cm³/mol. The zero-order valence-electron chi connectivity index (χ0n) is 13.1. The van der Waals surface area contributed by atoms with Crippen molar-refractivity contribution in [2.45, 2.75) is 25.3 Å². The van der Waals surface area contributed by atoms with Crippen molar-refractivity contribution in [2.24, 2.45) is 0 Å². The van der Waals surface area contributed by atoms with Crippen LogP contribution in [0.25, 0.3) is 0 Å². The summed E-state index contributed by atoms with van der Waals surface area (Å²) in [6.45, 7) is 0.648. The molecule has 120 valence electrons. The van der Waals surface area contributed by atoms with Gasteiger partial charge in [0.1, 0.15) is 5.76 Å². The highest BCUT2D eigenvalue weighted by Crippen LogP contribution is 2.32. The summed E-state index contributed by atoms with van der Waals surface area (Å²) in [4.78, 5) is 21.2. The zero-order valence-corrected chi connectivity index (χ0v) is 13.1. The third-order valence-corrected chi connectivity index (χ3v) is 4.28. The molecule has 0 aliphatic heterocycles. The number of furan rings is 1. The number of aromatic nitrogens is 2. The number of hydrogen-bond donors (Lipinski definition) is 1. The van der Waals surface area contributed by atoms with Gasteiger partial charge in [-0.15, -0.1) is 0 Å². The summed E-state index contributed by atoms with van der Waals surface area (Å²) in [6.07, 6.45) is 4.41. The lowest BCUT2D eigenvalue weighted by atomic mass is 9.85. The number of carbonyl (C=O) groups excluding carboxylic acids is 1. The summed E-state index contributed by atoms with van der Waals surface area (Å²) < 4.78 is 5.46. The van der Waals surface area contributed by atoms with Crippen molar-refractivity contribution in [1.82, 2.24) is 9.97 Å². The third kappa shape index (κ3) is 2.93. The van der Waals surface area contributed by atoms with Crippen molar-refractivity contribution in [1.29, 1.82) is 0 Å². The van der Waals surface area contributed by atoms with Crippen LogP contribution in [0, 0.1) is 0 Å². The number of anilines is 1. The Kier molecular flexibility index (Phi) is 3.83. The molecule has 0 bridgehead atoms. The van der Waals surface area contributed by atoms with Crippen LogP contribution in [0.4, 0.5) is 5.95 Å². The molecule has 5 nitrogen and oxygen atoms in total. The van der Waals surface area contributed by atoms with Gasteiger partial charge >= 0.3 is 0 Å². The van der Waals surface area contributed by atoms with Gasteiger partial charge in [0.05, 0.1) is 17.5 Å². The predicted octanol–water partition coefficient (Wildman–Crippen LogP) is 3.59. The van der Waals surface area contributed by atoms with Gasteiger partial charge in [0.15, 0.2) is 5.78 Å². The molecule has 1 aliphatic rings. The zero-order chi connectivity index (χ0) is 16.4. The van der Waals surface area contributed by atoms with Gasteiger partial charge in [-0.3, -0.25) is 4.79 Å². The van der Waals surface area contributed by atoms with Crippen LogP contribution in [0.2, 0.25) is 0 Å². The summed E-state index contributed by atoms with van der Waals surface area (Å²) >= 11 is 0. The largest absolute Gasteiger partial charge is 0.469 e. The number of fused-ring (bicyclic) bond motifs is 1. The molecule has 0 saturated carbocycles. The number of ketones is 1. The van der Waals surface area contributed by atoms with Crippen LogP contribution in [-0.2, 0) is 13.0 Å². The topological polar surface area (TPSA) is 68.0 Å². The second-order valence-electron chi connectivity index (χ2n) is 5.94. The molecule has 2 aromatic heterocycles. The number of Topliss-reactive ketones (excluding diaryl/α,β-unsaturated/α-hetero) is 1. The Balaban J connectivity index is 1.54. The highest BCUT2D eigenvalue weighted by molar-refractivity contribution is 5.98. The number of nitrogens with zero attached hydrogens (tertiary/aromatic N) is 2. The van der Waals surface area contributed by atoms with Crippen LogP contribution in [-0.4, -0.2) is 15.8 Å². The first-order valence-electron chi connectivity index (χ1n) is 8.00. The molecular weight excluding hydrogens is 302 g/mol. The molecule has 1 unspecified atom stereocenters. The first kappa shape index (κ1) is 14.6. The summed E-state index contributed by atoms with van der Waals surface area (Å²) in [5, 5.41) is 3.22. The molecule has 1 aliphatic carbocycles. The average Bonchev–Trinajstić information content (AvgIpc) is 3.15. The van der Waals surface area contributed by atoms with E-state index in [1.165, 1.54) is 0 Å². The van der Waals surface area contributed by atoms with Crippen molar-refractivity contribution in [3.05, 3.63) is 77.5 Å². The van der Waals surface area contributed by atoms with E-state index in [0.717, 1.165) is 17.0 Å². The number of rotatable bonds is 4. The molecule has 0 radical (unpaired) electrons. The van der Waals surface area contributed by atoms with Gasteiger partial charge in [0.25, 0.3) is 0 Å². The van der Waals surface area contributed by atoms with Crippen molar-refractivity contribution >= 4 is 11.7 Å². The van der Waals surface area contributed by atoms with Crippen molar-refractivity contribution in [2.75, 3.05) is 5.32 Å². The highest BCUT2D eigenvalue weighted by Gasteiger charge is 2.29. The van der Waals surface area contributed by atoms with Gasteiger partial charge in [0.2, 0.25) is 5.95 Å². The van der Waals surface area contributed by atoms with Crippen molar-refractivity contribution in [3.63, 3.8) is 0 Å². The molecule has 0 saturated heterocycles. The SMILES string of the molecule is O=C1CC(c2ccco2)Cc2nc(NCc3ccccc3)ncc21. The van der Waals surface area contributed by atoms with Gasteiger partial charge in [0, 0.05) is 31.5 Å². The van der Waals surface area contributed by atoms with Crippen LogP contribution in [0.15, 0.2) is 59.3 Å². The minimum atomic E-state index is 0.0527. The molecule has 1 N–H and O–H groups in total. The fraction of sp³-hybridized carbons (Fsp3) is 0.211. The fourth-order valence-corrected chi connectivity index (χ4v) is 3.03. The van der Waals surface area contributed by atoms with Gasteiger partial charge in [-0.25, -0.2) is 9.97 Å². The average molecular weight is 319 g/mol. The lowest BCUT2D eigenvalue weighted by molar-refractivity contribution is 0.0958. The van der Waals surface area contributed by atoms with E-state index >= 15 is 0 Å². The van der Waals surface area contributed by atoms with E-state index in [0.29, 0.717) is 30.9 Å². The van der Waals surface area contributed by atoms with Crippen LogP contribution < -0.4 is 5.32 Å². The number of benzene rings is 1.